The van der Waals surface area contributed by atoms with Gasteiger partial charge in [-0.3, -0.25) is 0 Å². The van der Waals surface area contributed by atoms with Gasteiger partial charge >= 0.3 is 0 Å². The summed E-state index contributed by atoms with van der Waals surface area (Å²) in [6, 6.07) is 18.7. The molecule has 3 rings (SSSR count). The molecule has 1 nitrogen and oxygen atoms in total. The molecule has 0 heterocycles. The molecule has 0 spiro atoms. The minimum Gasteiger partial charge on any atom is -0.384 e. The Morgan fingerprint density at radius 1 is 0.900 bits per heavy atom. The van der Waals surface area contributed by atoms with Crippen molar-refractivity contribution in [2.45, 2.75) is 32.3 Å². The van der Waals surface area contributed by atoms with Gasteiger partial charge in [0.15, 0.2) is 0 Å². The highest BCUT2D eigenvalue weighted by atomic mass is 16.3. The van der Waals surface area contributed by atoms with E-state index in [9.17, 15) is 5.11 Å². The Kier molecular flexibility index (Phi) is 3.70. The minimum absolute atomic E-state index is 0.412. The van der Waals surface area contributed by atoms with E-state index in [0.29, 0.717) is 0 Å². The van der Waals surface area contributed by atoms with Crippen molar-refractivity contribution in [1.82, 2.24) is 0 Å². The van der Waals surface area contributed by atoms with Gasteiger partial charge in [0.25, 0.3) is 0 Å². The number of hydrogen-bond donors (Lipinski definition) is 1. The van der Waals surface area contributed by atoms with E-state index in [1.807, 2.05) is 18.2 Å². The minimum atomic E-state index is -0.412. The van der Waals surface area contributed by atoms with Gasteiger partial charge in [0, 0.05) is 0 Å². The van der Waals surface area contributed by atoms with Crippen molar-refractivity contribution >= 4 is 5.57 Å². The third kappa shape index (κ3) is 2.30. The number of rotatable bonds is 4. The summed E-state index contributed by atoms with van der Waals surface area (Å²) in [6.07, 6.45) is 2.50. The molecule has 1 aliphatic carbocycles. The van der Waals surface area contributed by atoms with Crippen LogP contribution in [0.5, 0.6) is 0 Å². The molecule has 1 N–H and O–H groups in total. The predicted octanol–water partition coefficient (Wildman–Crippen LogP) is 4.53. The molecule has 20 heavy (non-hydrogen) atoms. The van der Waals surface area contributed by atoms with Crippen molar-refractivity contribution in [2.75, 3.05) is 0 Å². The molecule has 102 valence electrons. The summed E-state index contributed by atoms with van der Waals surface area (Å²) in [6.45, 7) is 2.17. The van der Waals surface area contributed by atoms with Gasteiger partial charge in [0.2, 0.25) is 0 Å². The number of benzene rings is 2. The molecule has 1 atom stereocenters. The molecule has 0 saturated heterocycles. The summed E-state index contributed by atoms with van der Waals surface area (Å²) in [4.78, 5) is 0. The van der Waals surface area contributed by atoms with Gasteiger partial charge in [-0.2, -0.15) is 0 Å². The molecule has 0 aliphatic heterocycles. The first kappa shape index (κ1) is 13.1. The summed E-state index contributed by atoms with van der Waals surface area (Å²) in [5, 5.41) is 10.6. The largest absolute Gasteiger partial charge is 0.384 e. The number of fused-ring (bicyclic) bond motifs is 1. The maximum atomic E-state index is 10.6. The second-order valence-electron chi connectivity index (χ2n) is 5.33. The third-order valence-electron chi connectivity index (χ3n) is 4.18. The Morgan fingerprint density at radius 2 is 1.60 bits per heavy atom. The van der Waals surface area contributed by atoms with Crippen LogP contribution in [0.4, 0.5) is 0 Å². The van der Waals surface area contributed by atoms with E-state index in [-0.39, 0.29) is 0 Å². The second-order valence-corrected chi connectivity index (χ2v) is 5.33. The Morgan fingerprint density at radius 3 is 2.35 bits per heavy atom. The monoisotopic (exact) mass is 264 g/mol. The smallest absolute Gasteiger partial charge is 0.101 e. The van der Waals surface area contributed by atoms with E-state index in [0.717, 1.165) is 24.8 Å². The highest BCUT2D eigenvalue weighted by molar-refractivity contribution is 5.77. The predicted molar refractivity (Wildman–Crippen MR) is 83.4 cm³/mol. The van der Waals surface area contributed by atoms with E-state index < -0.39 is 6.10 Å². The summed E-state index contributed by atoms with van der Waals surface area (Å²) in [5.74, 6) is 0. The van der Waals surface area contributed by atoms with Crippen molar-refractivity contribution in [3.63, 3.8) is 0 Å². The van der Waals surface area contributed by atoms with E-state index in [1.165, 1.54) is 22.3 Å². The molecule has 1 unspecified atom stereocenters. The fourth-order valence-electron chi connectivity index (χ4n) is 3.16. The van der Waals surface area contributed by atoms with Gasteiger partial charge in [-0.05, 0) is 47.1 Å². The normalized spacial score (nSPS) is 17.4. The first-order valence-corrected chi connectivity index (χ1v) is 7.34. The van der Waals surface area contributed by atoms with Crippen molar-refractivity contribution in [2.24, 2.45) is 0 Å². The topological polar surface area (TPSA) is 20.2 Å². The van der Waals surface area contributed by atoms with E-state index in [2.05, 4.69) is 43.3 Å². The van der Waals surface area contributed by atoms with Gasteiger partial charge in [-0.1, -0.05) is 61.5 Å². The van der Waals surface area contributed by atoms with E-state index >= 15 is 0 Å². The van der Waals surface area contributed by atoms with Crippen molar-refractivity contribution in [3.8, 4) is 0 Å². The zero-order valence-electron chi connectivity index (χ0n) is 11.8. The molecule has 0 saturated carbocycles. The van der Waals surface area contributed by atoms with Crippen LogP contribution in [0.15, 0.2) is 60.2 Å². The van der Waals surface area contributed by atoms with Crippen LogP contribution >= 0.6 is 0 Å². The van der Waals surface area contributed by atoms with Crippen molar-refractivity contribution < 1.29 is 5.11 Å². The van der Waals surface area contributed by atoms with Gasteiger partial charge in [-0.25, -0.2) is 0 Å². The molecule has 1 aliphatic rings. The lowest BCUT2D eigenvalue weighted by atomic mass is 9.98. The summed E-state index contributed by atoms with van der Waals surface area (Å²) >= 11 is 0. The maximum Gasteiger partial charge on any atom is 0.101 e. The lowest BCUT2D eigenvalue weighted by Gasteiger charge is -2.11. The number of hydrogen-bond acceptors (Lipinski definition) is 1. The molecule has 0 bridgehead atoms. The van der Waals surface area contributed by atoms with Gasteiger partial charge < -0.3 is 5.11 Å². The molecular weight excluding hydrogens is 244 g/mol. The highest BCUT2D eigenvalue weighted by Gasteiger charge is 2.27. The fourth-order valence-corrected chi connectivity index (χ4v) is 3.16. The first-order chi connectivity index (χ1) is 9.81. The van der Waals surface area contributed by atoms with Crippen molar-refractivity contribution in [3.05, 3.63) is 76.9 Å². The summed E-state index contributed by atoms with van der Waals surface area (Å²) in [5.41, 5.74) is 6.19. The van der Waals surface area contributed by atoms with Crippen LogP contribution in [0.2, 0.25) is 0 Å². The van der Waals surface area contributed by atoms with E-state index in [1.54, 1.807) is 0 Å². The molecule has 0 aromatic heterocycles. The van der Waals surface area contributed by atoms with Gasteiger partial charge in [0.05, 0.1) is 0 Å². The zero-order valence-corrected chi connectivity index (χ0v) is 11.8. The fraction of sp³-hybridized carbons (Fsp3) is 0.263. The van der Waals surface area contributed by atoms with Gasteiger partial charge in [0.1, 0.15) is 6.10 Å². The molecule has 0 fully saturated rings. The summed E-state index contributed by atoms with van der Waals surface area (Å²) < 4.78 is 0. The van der Waals surface area contributed by atoms with Gasteiger partial charge in [-0.15, -0.1) is 0 Å². The average molecular weight is 264 g/mol. The lowest BCUT2D eigenvalue weighted by molar-refractivity contribution is 0.215. The Balaban J connectivity index is 1.86. The number of aliphatic hydroxyl groups is 1. The van der Waals surface area contributed by atoms with E-state index in [4.69, 9.17) is 0 Å². The summed E-state index contributed by atoms with van der Waals surface area (Å²) in [7, 11) is 0. The number of allylic oxidation sites excluding steroid dienone is 1. The standard InChI is InChI=1S/C19H20O/c1-2-15-16-10-6-7-11-17(16)19(20)18(15)13-12-14-8-4-3-5-9-14/h3-11,19-20H,2,12-13H2,1H3. The van der Waals surface area contributed by atoms with Crippen LogP contribution in [-0.4, -0.2) is 5.11 Å². The number of aliphatic hydroxyl groups excluding tert-OH is 1. The SMILES string of the molecule is CCC1=C(CCc2ccccc2)C(O)c2ccccc21. The lowest BCUT2D eigenvalue weighted by Crippen LogP contribution is -1.99. The van der Waals surface area contributed by atoms with Crippen LogP contribution in [0.25, 0.3) is 5.57 Å². The Labute approximate surface area is 120 Å². The highest BCUT2D eigenvalue weighted by Crippen LogP contribution is 2.43. The van der Waals surface area contributed by atoms with Crippen LogP contribution in [0.3, 0.4) is 0 Å². The molecule has 1 heteroatoms. The zero-order chi connectivity index (χ0) is 13.9. The van der Waals surface area contributed by atoms with Crippen molar-refractivity contribution in [1.29, 1.82) is 0 Å². The van der Waals surface area contributed by atoms with Crippen LogP contribution in [0, 0.1) is 0 Å². The molecule has 0 radical (unpaired) electrons. The average Bonchev–Trinajstić information content (AvgIpc) is 2.78. The Hall–Kier alpha value is -1.86. The maximum absolute atomic E-state index is 10.6. The Bertz CT molecular complexity index is 625. The molecule has 2 aromatic rings. The molecule has 0 amide bonds. The van der Waals surface area contributed by atoms with Crippen LogP contribution < -0.4 is 0 Å². The quantitative estimate of drug-likeness (QED) is 0.860. The molecular formula is C19H20O. The van der Waals surface area contributed by atoms with Crippen LogP contribution in [-0.2, 0) is 6.42 Å². The molecule has 2 aromatic carbocycles. The third-order valence-corrected chi connectivity index (χ3v) is 4.18. The second kappa shape index (κ2) is 5.64. The van der Waals surface area contributed by atoms with Crippen LogP contribution in [0.1, 0.15) is 42.6 Å². The first-order valence-electron chi connectivity index (χ1n) is 7.34. The number of aryl methyl sites for hydroxylation is 1.